The molecule has 64 valence electrons. The third-order valence-electron chi connectivity index (χ3n) is 2.42. The van der Waals surface area contributed by atoms with Gasteiger partial charge in [-0.3, -0.25) is 0 Å². The molecule has 3 nitrogen and oxygen atoms in total. The molecule has 0 N–H and O–H groups in total. The maximum Gasteiger partial charge on any atom is 0.226 e. The van der Waals surface area contributed by atoms with Gasteiger partial charge in [-0.25, -0.2) is 0 Å². The highest BCUT2D eigenvalue weighted by atomic mass is 16.5. The second kappa shape index (κ2) is 2.26. The second-order valence-corrected chi connectivity index (χ2v) is 3.17. The largest absolute Gasteiger partial charge is 0.340 e. The Balaban J connectivity index is 2.22. The van der Waals surface area contributed by atoms with Crippen LogP contribution in [0.5, 0.6) is 0 Å². The first-order chi connectivity index (χ1) is 6.41. The zero-order valence-electron chi connectivity index (χ0n) is 6.97. The summed E-state index contributed by atoms with van der Waals surface area (Å²) in [5.41, 5.74) is 1.72. The van der Waals surface area contributed by atoms with Gasteiger partial charge in [0.15, 0.2) is 0 Å². The quantitative estimate of drug-likeness (QED) is 0.591. The van der Waals surface area contributed by atoms with Gasteiger partial charge in [0.25, 0.3) is 0 Å². The second-order valence-electron chi connectivity index (χ2n) is 3.17. The van der Waals surface area contributed by atoms with Gasteiger partial charge in [0.05, 0.1) is 12.8 Å². The van der Waals surface area contributed by atoms with Gasteiger partial charge in [-0.05, 0) is 11.6 Å². The fraction of sp³-hybridized carbons (Fsp3) is 0.200. The van der Waals surface area contributed by atoms with Crippen LogP contribution in [0.25, 0.3) is 0 Å². The minimum Gasteiger partial charge on any atom is -0.340 e. The van der Waals surface area contributed by atoms with Crippen molar-refractivity contribution in [2.75, 3.05) is 0 Å². The molecule has 2 aliphatic heterocycles. The number of rotatable bonds is 0. The van der Waals surface area contributed by atoms with Crippen molar-refractivity contribution in [1.29, 1.82) is 0 Å². The average Bonchev–Trinajstić information content (AvgIpc) is 2.78. The van der Waals surface area contributed by atoms with Crippen molar-refractivity contribution >= 4 is 0 Å². The first-order valence-electron chi connectivity index (χ1n) is 4.23. The Labute approximate surface area is 75.8 Å². The molecular weight excluding hydrogens is 164 g/mol. The van der Waals surface area contributed by atoms with Crippen LogP contribution >= 0.6 is 0 Å². The molecule has 3 heteroatoms. The number of hydrogen-bond donors (Lipinski definition) is 0. The number of nitrogens with zero attached hydrogens (tertiary/aromatic N) is 2. The highest BCUT2D eigenvalue weighted by Gasteiger charge is 2.39. The summed E-state index contributed by atoms with van der Waals surface area (Å²) in [5, 5.41) is 7.94. The number of hydrogen-bond acceptors (Lipinski definition) is 3. The zero-order valence-corrected chi connectivity index (χ0v) is 6.97. The van der Waals surface area contributed by atoms with E-state index in [1.54, 1.807) is 6.20 Å². The highest BCUT2D eigenvalue weighted by Crippen LogP contribution is 2.41. The predicted octanol–water partition coefficient (Wildman–Crippen LogP) is 2.35. The summed E-state index contributed by atoms with van der Waals surface area (Å²) in [5.74, 6) is 0. The maximum absolute atomic E-state index is 5.62. The van der Waals surface area contributed by atoms with E-state index >= 15 is 0 Å². The molecule has 0 aromatic heterocycles. The minimum atomic E-state index is -0.601. The smallest absolute Gasteiger partial charge is 0.226 e. The van der Waals surface area contributed by atoms with Crippen LogP contribution in [0.1, 0.15) is 11.1 Å². The Bertz CT molecular complexity index is 397. The van der Waals surface area contributed by atoms with Crippen LogP contribution in [0.15, 0.2) is 46.8 Å². The molecule has 0 saturated carbocycles. The Morgan fingerprint density at radius 1 is 1.31 bits per heavy atom. The molecule has 2 heterocycles. The summed E-state index contributed by atoms with van der Waals surface area (Å²) in [6.45, 7) is 0.625. The Hall–Kier alpha value is -1.48. The normalized spacial score (nSPS) is 28.6. The van der Waals surface area contributed by atoms with Crippen molar-refractivity contribution in [1.82, 2.24) is 0 Å². The molecule has 1 aromatic carbocycles. The third-order valence-corrected chi connectivity index (χ3v) is 2.42. The summed E-state index contributed by atoms with van der Waals surface area (Å²) in [7, 11) is 0. The van der Waals surface area contributed by atoms with Crippen molar-refractivity contribution in [2.24, 2.45) is 10.2 Å². The van der Waals surface area contributed by atoms with Crippen LogP contribution in [0.2, 0.25) is 0 Å². The molecule has 13 heavy (non-hydrogen) atoms. The van der Waals surface area contributed by atoms with Gasteiger partial charge in [0.2, 0.25) is 5.72 Å². The molecular formula is C10H8N2O. The van der Waals surface area contributed by atoms with E-state index in [1.807, 2.05) is 24.3 Å². The lowest BCUT2D eigenvalue weighted by molar-refractivity contribution is 0.00681. The van der Waals surface area contributed by atoms with Gasteiger partial charge < -0.3 is 4.74 Å². The summed E-state index contributed by atoms with van der Waals surface area (Å²) < 4.78 is 5.62. The van der Waals surface area contributed by atoms with Gasteiger partial charge in [-0.1, -0.05) is 24.3 Å². The number of azo groups is 1. The van der Waals surface area contributed by atoms with E-state index in [-0.39, 0.29) is 0 Å². The van der Waals surface area contributed by atoms with Gasteiger partial charge >= 0.3 is 0 Å². The molecule has 0 aliphatic carbocycles. The maximum atomic E-state index is 5.62. The fourth-order valence-electron chi connectivity index (χ4n) is 1.77. The lowest BCUT2D eigenvalue weighted by atomic mass is 10.0. The van der Waals surface area contributed by atoms with Crippen LogP contribution < -0.4 is 0 Å². The van der Waals surface area contributed by atoms with Gasteiger partial charge in [-0.2, -0.15) is 5.11 Å². The van der Waals surface area contributed by atoms with E-state index < -0.39 is 5.72 Å². The molecule has 3 rings (SSSR count). The van der Waals surface area contributed by atoms with E-state index in [1.165, 1.54) is 5.56 Å². The third kappa shape index (κ3) is 0.820. The van der Waals surface area contributed by atoms with Gasteiger partial charge in [0, 0.05) is 5.56 Å². The zero-order chi connectivity index (χ0) is 8.73. The molecule has 0 radical (unpaired) electrons. The minimum absolute atomic E-state index is 0.601. The van der Waals surface area contributed by atoms with E-state index in [4.69, 9.17) is 4.74 Å². The lowest BCUT2D eigenvalue weighted by Gasteiger charge is -2.15. The van der Waals surface area contributed by atoms with E-state index in [9.17, 15) is 0 Å². The van der Waals surface area contributed by atoms with Gasteiger partial charge in [0.1, 0.15) is 0 Å². The van der Waals surface area contributed by atoms with Crippen LogP contribution in [-0.2, 0) is 17.1 Å². The number of ether oxygens (including phenoxy) is 1. The standard InChI is InChI=1S/C10H8N2O/c1-2-4-9-8(3-1)7-13-10(9)5-6-11-12-10/h1-6H,7H2. The van der Waals surface area contributed by atoms with Gasteiger partial charge in [-0.15, -0.1) is 5.11 Å². The topological polar surface area (TPSA) is 34.0 Å². The monoisotopic (exact) mass is 172 g/mol. The first kappa shape index (κ1) is 6.97. The van der Waals surface area contributed by atoms with Crippen LogP contribution in [-0.4, -0.2) is 0 Å². The molecule has 1 unspecified atom stereocenters. The van der Waals surface area contributed by atoms with E-state index in [0.717, 1.165) is 5.56 Å². The number of fused-ring (bicyclic) bond motifs is 2. The number of benzene rings is 1. The molecule has 1 atom stereocenters. The van der Waals surface area contributed by atoms with E-state index in [0.29, 0.717) is 6.61 Å². The molecule has 1 aromatic rings. The van der Waals surface area contributed by atoms with Crippen molar-refractivity contribution in [3.63, 3.8) is 0 Å². The van der Waals surface area contributed by atoms with Crippen molar-refractivity contribution < 1.29 is 4.74 Å². The average molecular weight is 172 g/mol. The van der Waals surface area contributed by atoms with Crippen molar-refractivity contribution in [3.8, 4) is 0 Å². The summed E-state index contributed by atoms with van der Waals surface area (Å²) in [4.78, 5) is 0. The lowest BCUT2D eigenvalue weighted by Crippen LogP contribution is -2.16. The molecule has 0 amide bonds. The fourth-order valence-corrected chi connectivity index (χ4v) is 1.77. The Kier molecular flexibility index (Phi) is 1.21. The molecule has 0 fully saturated rings. The van der Waals surface area contributed by atoms with Crippen LogP contribution in [0.4, 0.5) is 0 Å². The van der Waals surface area contributed by atoms with Crippen LogP contribution in [0, 0.1) is 0 Å². The molecule has 1 spiro atoms. The summed E-state index contributed by atoms with van der Waals surface area (Å²) in [6.07, 6.45) is 3.57. The summed E-state index contributed by atoms with van der Waals surface area (Å²) in [6, 6.07) is 8.11. The van der Waals surface area contributed by atoms with Crippen molar-refractivity contribution in [3.05, 3.63) is 47.7 Å². The Morgan fingerprint density at radius 3 is 3.08 bits per heavy atom. The van der Waals surface area contributed by atoms with Crippen molar-refractivity contribution in [2.45, 2.75) is 12.3 Å². The highest BCUT2D eigenvalue weighted by molar-refractivity contribution is 5.38. The van der Waals surface area contributed by atoms with E-state index in [2.05, 4.69) is 16.3 Å². The molecule has 0 saturated heterocycles. The SMILES string of the molecule is C1=CC2(N=N1)OCc1ccccc12. The Morgan fingerprint density at radius 2 is 2.23 bits per heavy atom. The van der Waals surface area contributed by atoms with Crippen LogP contribution in [0.3, 0.4) is 0 Å². The summed E-state index contributed by atoms with van der Waals surface area (Å²) >= 11 is 0. The first-order valence-corrected chi connectivity index (χ1v) is 4.23. The molecule has 0 bridgehead atoms. The predicted molar refractivity (Wildman–Crippen MR) is 46.9 cm³/mol. The molecule has 2 aliphatic rings.